The average molecular weight is 525 g/mol. The van der Waals surface area contributed by atoms with Gasteiger partial charge in [-0.25, -0.2) is 13.8 Å². The number of amidine groups is 1. The molecule has 2 aliphatic rings. The van der Waals surface area contributed by atoms with E-state index in [4.69, 9.17) is 10.5 Å². The lowest BCUT2D eigenvalue weighted by Crippen LogP contribution is -2.50. The summed E-state index contributed by atoms with van der Waals surface area (Å²) < 4.78 is 39.5. The van der Waals surface area contributed by atoms with Crippen molar-refractivity contribution in [2.45, 2.75) is 70.1 Å². The molecule has 3 N–H and O–H groups in total. The number of aromatic nitrogens is 5. The summed E-state index contributed by atoms with van der Waals surface area (Å²) in [5.74, 6) is -0.736. The number of ether oxygens (including phenoxy) is 1. The highest BCUT2D eigenvalue weighted by Crippen LogP contribution is 2.53. The smallest absolute Gasteiger partial charge is 0.257 e. The third kappa shape index (κ3) is 4.28. The molecule has 1 aliphatic carbocycles. The zero-order valence-corrected chi connectivity index (χ0v) is 22.2. The molecular weight excluding hydrogens is 490 g/mol. The summed E-state index contributed by atoms with van der Waals surface area (Å²) in [6.45, 7) is 4.06. The Hall–Kier alpha value is -3.60. The molecule has 3 aromatic heterocycles. The molecule has 0 spiro atoms. The second-order valence-corrected chi connectivity index (χ2v) is 10.1. The quantitative estimate of drug-likeness (QED) is 0.351. The van der Waals surface area contributed by atoms with Gasteiger partial charge < -0.3 is 24.9 Å². The first-order valence-corrected chi connectivity index (χ1v) is 12.9. The van der Waals surface area contributed by atoms with Crippen molar-refractivity contribution in [2.24, 2.45) is 10.7 Å². The van der Waals surface area contributed by atoms with E-state index >= 15 is 0 Å². The number of nitrogens with zero attached hydrogens (tertiary/aromatic N) is 6. The second-order valence-electron chi connectivity index (χ2n) is 10.1. The number of nitrogens with one attached hydrogen (secondary N) is 1. The maximum Gasteiger partial charge on any atom is 0.257 e. The van der Waals surface area contributed by atoms with Crippen LogP contribution >= 0.6 is 0 Å². The molecule has 1 saturated carbocycles. The number of hydrogen-bond donors (Lipinski definition) is 2. The first-order valence-electron chi connectivity index (χ1n) is 12.9. The van der Waals surface area contributed by atoms with E-state index in [2.05, 4.69) is 43.2 Å². The molecule has 9 nitrogen and oxygen atoms in total. The number of fused-ring (bicyclic) bond motifs is 3. The van der Waals surface area contributed by atoms with E-state index in [1.807, 2.05) is 22.9 Å². The van der Waals surface area contributed by atoms with E-state index in [9.17, 15) is 8.78 Å². The van der Waals surface area contributed by atoms with Gasteiger partial charge in [0.2, 0.25) is 0 Å². The lowest BCUT2D eigenvalue weighted by molar-refractivity contribution is -0.103. The van der Waals surface area contributed by atoms with E-state index < -0.39 is 11.3 Å². The van der Waals surface area contributed by atoms with Gasteiger partial charge in [0.25, 0.3) is 5.92 Å². The van der Waals surface area contributed by atoms with E-state index in [1.54, 1.807) is 20.2 Å². The van der Waals surface area contributed by atoms with Crippen molar-refractivity contribution < 1.29 is 13.5 Å². The molecule has 0 aromatic carbocycles. The molecule has 0 saturated heterocycles. The van der Waals surface area contributed by atoms with Gasteiger partial charge in [-0.05, 0) is 54.8 Å². The van der Waals surface area contributed by atoms with Crippen LogP contribution in [0.15, 0.2) is 41.8 Å². The number of rotatable bonds is 7. The molecule has 1 fully saturated rings. The Morgan fingerprint density at radius 2 is 2.11 bits per heavy atom. The molecule has 3 aromatic rings. The molecule has 0 unspecified atom stereocenters. The van der Waals surface area contributed by atoms with Crippen LogP contribution in [0.1, 0.15) is 44.5 Å². The van der Waals surface area contributed by atoms with Gasteiger partial charge in [0.15, 0.2) is 5.82 Å². The van der Waals surface area contributed by atoms with Gasteiger partial charge in [-0.15, -0.1) is 10.2 Å². The van der Waals surface area contributed by atoms with E-state index in [0.717, 1.165) is 42.1 Å². The first kappa shape index (κ1) is 26.0. The van der Waals surface area contributed by atoms with Crippen LogP contribution < -0.4 is 11.1 Å². The maximum absolute atomic E-state index is 14.9. The Bertz CT molecular complexity index is 1380. The number of nitrogens with two attached hydrogens (primary N) is 1. The highest BCUT2D eigenvalue weighted by molar-refractivity contribution is 6.03. The molecule has 11 heteroatoms. The van der Waals surface area contributed by atoms with Crippen molar-refractivity contribution in [3.8, 4) is 22.6 Å². The fourth-order valence-corrected chi connectivity index (χ4v) is 5.53. The molecule has 38 heavy (non-hydrogen) atoms. The Morgan fingerprint density at radius 3 is 2.71 bits per heavy atom. The van der Waals surface area contributed by atoms with Crippen LogP contribution in [0.4, 0.5) is 14.6 Å². The van der Waals surface area contributed by atoms with Crippen LogP contribution in [-0.4, -0.2) is 56.3 Å². The van der Waals surface area contributed by atoms with Crippen LogP contribution in [0.5, 0.6) is 0 Å². The molecular formula is C27H34F2N8O. The fraction of sp³-hybridized carbons (Fsp3) is 0.481. The lowest BCUT2D eigenvalue weighted by Gasteiger charge is -2.45. The van der Waals surface area contributed by atoms with E-state index in [-0.39, 0.29) is 6.10 Å². The van der Waals surface area contributed by atoms with Crippen molar-refractivity contribution >= 4 is 11.7 Å². The van der Waals surface area contributed by atoms with Crippen molar-refractivity contribution in [2.75, 3.05) is 19.5 Å². The predicted octanol–water partition coefficient (Wildman–Crippen LogP) is 4.39. The van der Waals surface area contributed by atoms with Gasteiger partial charge in [-0.2, -0.15) is 0 Å². The summed E-state index contributed by atoms with van der Waals surface area (Å²) in [4.78, 5) is 8.73. The summed E-state index contributed by atoms with van der Waals surface area (Å²) in [7, 11) is 3.32. The fourth-order valence-electron chi connectivity index (χ4n) is 5.53. The van der Waals surface area contributed by atoms with Crippen molar-refractivity contribution in [1.29, 1.82) is 0 Å². The third-order valence-corrected chi connectivity index (χ3v) is 7.90. The molecule has 0 radical (unpaired) electrons. The maximum atomic E-state index is 14.9. The predicted molar refractivity (Wildman–Crippen MR) is 143 cm³/mol. The van der Waals surface area contributed by atoms with Crippen molar-refractivity contribution in [1.82, 2.24) is 24.3 Å². The molecule has 1 atom stereocenters. The molecule has 202 valence electrons. The number of methoxy groups -OCH3 is 1. The second kappa shape index (κ2) is 9.94. The zero-order chi connectivity index (χ0) is 27.1. The molecule has 1 aliphatic heterocycles. The Morgan fingerprint density at radius 1 is 1.32 bits per heavy atom. The van der Waals surface area contributed by atoms with Crippen molar-refractivity contribution in [3.05, 3.63) is 48.2 Å². The summed E-state index contributed by atoms with van der Waals surface area (Å²) in [6, 6.07) is 4.03. The summed E-state index contributed by atoms with van der Waals surface area (Å²) >= 11 is 0. The van der Waals surface area contributed by atoms with Gasteiger partial charge in [-0.3, -0.25) is 4.99 Å². The number of aryl methyl sites for hydroxylation is 1. The highest BCUT2D eigenvalue weighted by Gasteiger charge is 2.58. The minimum Gasteiger partial charge on any atom is -0.404 e. The Balaban J connectivity index is 1.61. The molecule has 4 heterocycles. The normalized spacial score (nSPS) is 19.1. The average Bonchev–Trinajstić information content (AvgIpc) is 3.42. The summed E-state index contributed by atoms with van der Waals surface area (Å²) in [6.07, 6.45) is 9.10. The standard InChI is InChI=1S/C27H34F2N8O/c1-5-17-13-32-23(33-22(31-3)7-10-30)12-20(17)18-11-21-24-34-35-25(27(8-6-9-27)26(2,28)29)37(24)16-19(38-4)15-36(21)14-18/h7,10-14,19H,5-6,8-9,15-16,30H2,1-4H3,(H,31,32,33)/t19-/m0/s1. The van der Waals surface area contributed by atoms with Gasteiger partial charge in [-0.1, -0.05) is 13.3 Å². The SMILES string of the molecule is CCc1cnc(NC(C=CN)=NC)cc1-c1cc2n(c1)C[C@H](OC)Cn1c-2nnc1C1(C(C)(F)F)CCC1. The number of halogens is 2. The van der Waals surface area contributed by atoms with Gasteiger partial charge in [0, 0.05) is 39.0 Å². The minimum absolute atomic E-state index is 0.223. The first-order chi connectivity index (χ1) is 18.2. The topological polar surface area (TPSA) is 108 Å². The van der Waals surface area contributed by atoms with Gasteiger partial charge in [0.05, 0.1) is 30.3 Å². The highest BCUT2D eigenvalue weighted by atomic mass is 19.3. The third-order valence-electron chi connectivity index (χ3n) is 7.90. The van der Waals surface area contributed by atoms with Crippen LogP contribution in [-0.2, 0) is 29.7 Å². The van der Waals surface area contributed by atoms with Gasteiger partial charge in [0.1, 0.15) is 17.5 Å². The monoisotopic (exact) mass is 524 g/mol. The van der Waals surface area contributed by atoms with Crippen LogP contribution in [0.3, 0.4) is 0 Å². The number of hydrogen-bond acceptors (Lipinski definition) is 6. The number of aliphatic imine (C=N–C) groups is 1. The van der Waals surface area contributed by atoms with E-state index in [1.165, 1.54) is 6.20 Å². The largest absolute Gasteiger partial charge is 0.404 e. The summed E-state index contributed by atoms with van der Waals surface area (Å²) in [5.41, 5.74) is 8.11. The Labute approximate surface area is 220 Å². The summed E-state index contributed by atoms with van der Waals surface area (Å²) in [5, 5.41) is 12.0. The lowest BCUT2D eigenvalue weighted by atomic mass is 9.64. The number of anilines is 1. The number of pyridine rings is 1. The van der Waals surface area contributed by atoms with Crippen molar-refractivity contribution in [3.63, 3.8) is 0 Å². The van der Waals surface area contributed by atoms with Crippen LogP contribution in [0.2, 0.25) is 0 Å². The van der Waals surface area contributed by atoms with E-state index in [0.29, 0.717) is 49.2 Å². The Kier molecular flexibility index (Phi) is 6.81. The molecule has 5 rings (SSSR count). The molecule has 0 amide bonds. The zero-order valence-electron chi connectivity index (χ0n) is 22.2. The van der Waals surface area contributed by atoms with Gasteiger partial charge >= 0.3 is 0 Å². The number of alkyl halides is 2. The molecule has 0 bridgehead atoms. The van der Waals surface area contributed by atoms with Crippen LogP contribution in [0, 0.1) is 0 Å². The minimum atomic E-state index is -2.90. The van der Waals surface area contributed by atoms with Crippen LogP contribution in [0.25, 0.3) is 22.6 Å².